The Kier molecular flexibility index (Phi) is 8.18. The van der Waals surface area contributed by atoms with Gasteiger partial charge in [-0.2, -0.15) is 0 Å². The van der Waals surface area contributed by atoms with Gasteiger partial charge in [0.2, 0.25) is 5.91 Å². The van der Waals surface area contributed by atoms with E-state index in [4.69, 9.17) is 4.74 Å². The monoisotopic (exact) mass is 445 g/mol. The molecule has 1 N–H and O–H groups in total. The van der Waals surface area contributed by atoms with Crippen molar-refractivity contribution in [1.82, 2.24) is 0 Å². The molecule has 6 heteroatoms. The molecular weight excluding hydrogens is 410 g/mol. The minimum absolute atomic E-state index is 0.0110. The fourth-order valence-corrected chi connectivity index (χ4v) is 5.58. The van der Waals surface area contributed by atoms with E-state index in [1.54, 1.807) is 7.11 Å². The molecule has 0 aliphatic heterocycles. The summed E-state index contributed by atoms with van der Waals surface area (Å²) in [7, 11) is 1.73. The zero-order valence-corrected chi connectivity index (χ0v) is 20.0. The largest absolute Gasteiger partial charge is 0.477 e. The van der Waals surface area contributed by atoms with Crippen LogP contribution in [0.2, 0.25) is 0 Å². The zero-order chi connectivity index (χ0) is 22.5. The van der Waals surface area contributed by atoms with Gasteiger partial charge < -0.3 is 14.7 Å². The molecule has 170 valence electrons. The maximum atomic E-state index is 13.8. The lowest BCUT2D eigenvalue weighted by Crippen LogP contribution is -2.47. The third-order valence-electron chi connectivity index (χ3n) is 6.60. The molecule has 0 bridgehead atoms. The zero-order valence-electron chi connectivity index (χ0n) is 19.1. The van der Waals surface area contributed by atoms with Crippen LogP contribution >= 0.6 is 11.3 Å². The molecule has 0 spiro atoms. The first kappa shape index (κ1) is 23.8. The number of aromatic carboxylic acids is 1. The average molecular weight is 446 g/mol. The van der Waals surface area contributed by atoms with E-state index >= 15 is 0 Å². The van der Waals surface area contributed by atoms with Gasteiger partial charge in [-0.15, -0.1) is 11.3 Å². The number of anilines is 1. The fourth-order valence-electron chi connectivity index (χ4n) is 4.73. The number of amides is 1. The highest BCUT2D eigenvalue weighted by atomic mass is 32.1. The number of nitrogens with zero attached hydrogens (tertiary/aromatic N) is 1. The van der Waals surface area contributed by atoms with Crippen LogP contribution in [0.5, 0.6) is 0 Å². The molecule has 2 aliphatic rings. The van der Waals surface area contributed by atoms with Crippen molar-refractivity contribution in [2.75, 3.05) is 12.0 Å². The Morgan fingerprint density at radius 3 is 2.32 bits per heavy atom. The number of hydrogen-bond donors (Lipinski definition) is 1. The van der Waals surface area contributed by atoms with Crippen molar-refractivity contribution < 1.29 is 19.4 Å². The van der Waals surface area contributed by atoms with Gasteiger partial charge in [0.25, 0.3) is 0 Å². The summed E-state index contributed by atoms with van der Waals surface area (Å²) in [5.41, 5.74) is 0.537. The van der Waals surface area contributed by atoms with Crippen molar-refractivity contribution in [2.24, 2.45) is 17.8 Å². The number of thiophene rings is 1. The molecule has 1 aromatic heterocycles. The van der Waals surface area contributed by atoms with Crippen LogP contribution in [0.25, 0.3) is 0 Å². The standard InChI is InChI=1S/C25H35NO4S/c1-16(2)5-14-21-15-22(23(31-21)25(28)29)26(19-10-12-20(30-4)13-11-19)24(27)18-8-6-17(3)7-9-18/h15-20H,6-13H2,1-4H3,(H,28,29)/t17?,18?,19-,20-. The summed E-state index contributed by atoms with van der Waals surface area (Å²) in [5.74, 6) is 6.16. The Hall–Kier alpha value is -1.84. The van der Waals surface area contributed by atoms with Gasteiger partial charge in [-0.25, -0.2) is 4.79 Å². The van der Waals surface area contributed by atoms with E-state index in [2.05, 4.69) is 18.8 Å². The van der Waals surface area contributed by atoms with Crippen LogP contribution in [0.3, 0.4) is 0 Å². The molecule has 0 saturated heterocycles. The van der Waals surface area contributed by atoms with Gasteiger partial charge in [0.1, 0.15) is 4.88 Å². The van der Waals surface area contributed by atoms with E-state index < -0.39 is 5.97 Å². The molecule has 0 atom stereocenters. The van der Waals surface area contributed by atoms with Gasteiger partial charge in [0.15, 0.2) is 0 Å². The van der Waals surface area contributed by atoms with Crippen molar-refractivity contribution in [3.05, 3.63) is 15.8 Å². The average Bonchev–Trinajstić information content (AvgIpc) is 3.17. The highest BCUT2D eigenvalue weighted by Crippen LogP contribution is 2.39. The molecule has 1 amide bonds. The van der Waals surface area contributed by atoms with E-state index in [0.717, 1.165) is 51.4 Å². The summed E-state index contributed by atoms with van der Waals surface area (Å²) in [6, 6.07) is 1.84. The van der Waals surface area contributed by atoms with Crippen LogP contribution in [0.15, 0.2) is 6.07 Å². The number of carbonyl (C=O) groups excluding carboxylic acids is 1. The van der Waals surface area contributed by atoms with Crippen molar-refractivity contribution in [2.45, 2.75) is 84.3 Å². The molecule has 2 saturated carbocycles. The lowest BCUT2D eigenvalue weighted by atomic mass is 9.81. The van der Waals surface area contributed by atoms with Gasteiger partial charge >= 0.3 is 5.97 Å². The van der Waals surface area contributed by atoms with E-state index in [1.165, 1.54) is 11.3 Å². The van der Waals surface area contributed by atoms with Crippen molar-refractivity contribution in [1.29, 1.82) is 0 Å². The topological polar surface area (TPSA) is 66.8 Å². The lowest BCUT2D eigenvalue weighted by Gasteiger charge is -2.39. The first-order valence-corrected chi connectivity index (χ1v) is 12.4. The molecule has 1 aromatic rings. The molecule has 0 radical (unpaired) electrons. The maximum absolute atomic E-state index is 13.8. The first-order valence-electron chi connectivity index (χ1n) is 11.5. The van der Waals surface area contributed by atoms with E-state index in [9.17, 15) is 14.7 Å². The van der Waals surface area contributed by atoms with Crippen LogP contribution < -0.4 is 4.90 Å². The molecule has 31 heavy (non-hydrogen) atoms. The molecule has 3 rings (SSSR count). The van der Waals surface area contributed by atoms with Crippen molar-refractivity contribution >= 4 is 28.9 Å². The molecule has 0 aromatic carbocycles. The van der Waals surface area contributed by atoms with Gasteiger partial charge in [0, 0.05) is 25.0 Å². The van der Waals surface area contributed by atoms with Gasteiger partial charge in [-0.1, -0.05) is 32.6 Å². The van der Waals surface area contributed by atoms with Gasteiger partial charge in [-0.3, -0.25) is 4.79 Å². The molecule has 0 unspecified atom stereocenters. The van der Waals surface area contributed by atoms with Crippen LogP contribution in [0, 0.1) is 29.6 Å². The molecule has 2 aliphatic carbocycles. The normalized spacial score (nSPS) is 26.2. The third-order valence-corrected chi connectivity index (χ3v) is 7.62. The SMILES string of the molecule is CO[C@H]1CC[C@H](N(C(=O)C2CCC(C)CC2)c2cc(C#CC(C)C)sc2C(=O)O)CC1. The lowest BCUT2D eigenvalue weighted by molar-refractivity contribution is -0.124. The highest BCUT2D eigenvalue weighted by molar-refractivity contribution is 7.15. The summed E-state index contributed by atoms with van der Waals surface area (Å²) in [6.07, 6.45) is 7.54. The van der Waals surface area contributed by atoms with E-state index in [-0.39, 0.29) is 34.8 Å². The van der Waals surface area contributed by atoms with Gasteiger partial charge in [-0.05, 0) is 63.4 Å². The Morgan fingerprint density at radius 2 is 1.77 bits per heavy atom. The molecule has 5 nitrogen and oxygen atoms in total. The second-order valence-corrected chi connectivity index (χ2v) is 10.4. The van der Waals surface area contributed by atoms with Crippen molar-refractivity contribution in [3.8, 4) is 11.8 Å². The molecule has 1 heterocycles. The number of rotatable bonds is 5. The second kappa shape index (κ2) is 10.7. The van der Waals surface area contributed by atoms with Gasteiger partial charge in [0.05, 0.1) is 16.7 Å². The Labute approximate surface area is 190 Å². The summed E-state index contributed by atoms with van der Waals surface area (Å²) >= 11 is 1.18. The predicted octanol–water partition coefficient (Wildman–Crippen LogP) is 5.57. The smallest absolute Gasteiger partial charge is 0.348 e. The Balaban J connectivity index is 1.96. The number of carboxylic acids is 1. The Morgan fingerprint density at radius 1 is 1.13 bits per heavy atom. The summed E-state index contributed by atoms with van der Waals surface area (Å²) in [4.78, 5) is 28.7. The highest BCUT2D eigenvalue weighted by Gasteiger charge is 2.37. The summed E-state index contributed by atoms with van der Waals surface area (Å²) < 4.78 is 5.52. The minimum atomic E-state index is -0.988. The third kappa shape index (κ3) is 5.90. The first-order chi connectivity index (χ1) is 14.8. The number of carboxylic acid groups (broad SMARTS) is 1. The maximum Gasteiger partial charge on any atom is 0.348 e. The molecule has 2 fully saturated rings. The predicted molar refractivity (Wildman–Crippen MR) is 125 cm³/mol. The minimum Gasteiger partial charge on any atom is -0.477 e. The number of methoxy groups -OCH3 is 1. The number of hydrogen-bond acceptors (Lipinski definition) is 4. The summed E-state index contributed by atoms with van der Waals surface area (Å²) in [5, 5.41) is 9.91. The number of carbonyl (C=O) groups is 2. The van der Waals surface area contributed by atoms with E-state index in [1.807, 2.05) is 24.8 Å². The van der Waals surface area contributed by atoms with Crippen molar-refractivity contribution in [3.63, 3.8) is 0 Å². The van der Waals surface area contributed by atoms with Crippen LogP contribution in [-0.4, -0.2) is 36.2 Å². The Bertz CT molecular complexity index is 833. The number of ether oxygens (including phenoxy) is 1. The van der Waals surface area contributed by atoms with E-state index in [0.29, 0.717) is 16.5 Å². The quantitative estimate of drug-likeness (QED) is 0.602. The molecular formula is C25H35NO4S. The van der Waals surface area contributed by atoms with Crippen LogP contribution in [-0.2, 0) is 9.53 Å². The van der Waals surface area contributed by atoms with Crippen LogP contribution in [0.4, 0.5) is 5.69 Å². The van der Waals surface area contributed by atoms with Crippen LogP contribution in [0.1, 0.15) is 86.7 Å². The fraction of sp³-hybridized carbons (Fsp3) is 0.680. The summed E-state index contributed by atoms with van der Waals surface area (Å²) in [6.45, 7) is 6.26. The second-order valence-electron chi connectivity index (χ2n) is 9.39.